The van der Waals surface area contributed by atoms with Crippen LogP contribution in [0.3, 0.4) is 0 Å². The second kappa shape index (κ2) is 3.32. The van der Waals surface area contributed by atoms with Gasteiger partial charge in [0.05, 0.1) is 6.54 Å². The van der Waals surface area contributed by atoms with Crippen LogP contribution in [-0.4, -0.2) is 29.6 Å². The molecule has 1 heterocycles. The van der Waals surface area contributed by atoms with E-state index in [1.165, 1.54) is 0 Å². The van der Waals surface area contributed by atoms with Crippen LogP contribution in [0.2, 0.25) is 0 Å². The van der Waals surface area contributed by atoms with Gasteiger partial charge in [-0.3, -0.25) is 10.1 Å². The Labute approximate surface area is 68.2 Å². The third kappa shape index (κ3) is 2.59. The summed E-state index contributed by atoms with van der Waals surface area (Å²) in [6.45, 7) is -0.524. The predicted octanol–water partition coefficient (Wildman–Crippen LogP) is 0.490. The van der Waals surface area contributed by atoms with Gasteiger partial charge in [-0.05, 0) is 0 Å². The summed E-state index contributed by atoms with van der Waals surface area (Å²) in [6.07, 6.45) is -0.595. The van der Waals surface area contributed by atoms with Crippen LogP contribution in [0.4, 0.5) is 8.78 Å². The predicted molar refractivity (Wildman–Crippen MR) is 36.2 cm³/mol. The quantitative estimate of drug-likeness (QED) is 0.628. The van der Waals surface area contributed by atoms with Crippen LogP contribution in [0.1, 0.15) is 6.42 Å². The Kier molecular flexibility index (Phi) is 3.19. The van der Waals surface area contributed by atoms with Crippen molar-refractivity contribution >= 4 is 18.4 Å². The molecule has 0 unspecified atom stereocenters. The van der Waals surface area contributed by atoms with Crippen molar-refractivity contribution in [2.75, 3.05) is 6.54 Å². The van der Waals surface area contributed by atoms with E-state index >= 15 is 0 Å². The van der Waals surface area contributed by atoms with Gasteiger partial charge < -0.3 is 5.11 Å². The zero-order valence-corrected chi connectivity index (χ0v) is 6.33. The number of aliphatic carboxylic acids is 1. The molecule has 1 rings (SSSR count). The summed E-state index contributed by atoms with van der Waals surface area (Å²) in [5.41, 5.74) is 0. The van der Waals surface area contributed by atoms with Crippen LogP contribution in [0.15, 0.2) is 0 Å². The van der Waals surface area contributed by atoms with Crippen LogP contribution in [0, 0.1) is 0 Å². The molecule has 11 heavy (non-hydrogen) atoms. The van der Waals surface area contributed by atoms with Gasteiger partial charge in [0.15, 0.2) is 0 Å². The number of hydrogen-bond acceptors (Lipinski definition) is 2. The number of carbonyl (C=O) groups is 1. The Morgan fingerprint density at radius 1 is 1.64 bits per heavy atom. The fourth-order valence-electron chi connectivity index (χ4n) is 0.890. The monoisotopic (exact) mass is 187 g/mol. The Bertz CT molecular complexity index is 165. The Balaban J connectivity index is 0.000001000. The van der Waals surface area contributed by atoms with Crippen LogP contribution < -0.4 is 5.32 Å². The van der Waals surface area contributed by atoms with Gasteiger partial charge in [-0.15, -0.1) is 12.4 Å². The first-order valence-electron chi connectivity index (χ1n) is 2.85. The lowest BCUT2D eigenvalue weighted by atomic mass is 10.2. The average Bonchev–Trinajstić information content (AvgIpc) is 2.10. The van der Waals surface area contributed by atoms with Crippen molar-refractivity contribution in [2.24, 2.45) is 0 Å². The maximum Gasteiger partial charge on any atom is 0.320 e. The minimum Gasteiger partial charge on any atom is -0.480 e. The molecular formula is C5H8ClF2NO2. The van der Waals surface area contributed by atoms with E-state index < -0.39 is 30.9 Å². The van der Waals surface area contributed by atoms with Crippen molar-refractivity contribution in [1.29, 1.82) is 0 Å². The molecule has 1 aliphatic heterocycles. The molecule has 0 aromatic carbocycles. The minimum absolute atomic E-state index is 0. The number of halogens is 3. The first-order valence-corrected chi connectivity index (χ1v) is 2.85. The summed E-state index contributed by atoms with van der Waals surface area (Å²) in [7, 11) is 0. The van der Waals surface area contributed by atoms with Gasteiger partial charge in [-0.25, -0.2) is 8.78 Å². The standard InChI is InChI=1S/C5H7F2NO2.ClH/c6-5(7)1-3(4(9)10)8-2-5;/h3,8H,1-2H2,(H,9,10);1H/t3-;/m1./s1. The highest BCUT2D eigenvalue weighted by Crippen LogP contribution is 2.24. The van der Waals surface area contributed by atoms with E-state index in [0.29, 0.717) is 0 Å². The third-order valence-electron chi connectivity index (χ3n) is 1.41. The van der Waals surface area contributed by atoms with E-state index in [0.717, 1.165) is 0 Å². The topological polar surface area (TPSA) is 49.3 Å². The van der Waals surface area contributed by atoms with E-state index in [1.54, 1.807) is 0 Å². The van der Waals surface area contributed by atoms with Crippen LogP contribution in [0.5, 0.6) is 0 Å². The van der Waals surface area contributed by atoms with Gasteiger partial charge in [0, 0.05) is 6.42 Å². The maximum absolute atomic E-state index is 12.2. The van der Waals surface area contributed by atoms with E-state index in [4.69, 9.17) is 5.11 Å². The molecule has 2 N–H and O–H groups in total. The van der Waals surface area contributed by atoms with Crippen LogP contribution in [-0.2, 0) is 4.79 Å². The lowest BCUT2D eigenvalue weighted by Gasteiger charge is -2.03. The maximum atomic E-state index is 12.2. The van der Waals surface area contributed by atoms with Gasteiger partial charge in [-0.1, -0.05) is 0 Å². The van der Waals surface area contributed by atoms with E-state index in [-0.39, 0.29) is 12.4 Å². The van der Waals surface area contributed by atoms with Gasteiger partial charge in [-0.2, -0.15) is 0 Å². The molecule has 0 amide bonds. The lowest BCUT2D eigenvalue weighted by molar-refractivity contribution is -0.139. The molecule has 0 spiro atoms. The Hall–Kier alpha value is -0.420. The summed E-state index contributed by atoms with van der Waals surface area (Å²) in [5.74, 6) is -4.06. The van der Waals surface area contributed by atoms with Gasteiger partial charge in [0.1, 0.15) is 6.04 Å². The number of carboxylic acid groups (broad SMARTS) is 1. The fraction of sp³-hybridized carbons (Fsp3) is 0.800. The second-order valence-electron chi connectivity index (χ2n) is 2.33. The van der Waals surface area contributed by atoms with Crippen molar-refractivity contribution in [3.8, 4) is 0 Å². The van der Waals surface area contributed by atoms with Crippen molar-refractivity contribution in [2.45, 2.75) is 18.4 Å². The Morgan fingerprint density at radius 3 is 2.36 bits per heavy atom. The average molecular weight is 188 g/mol. The summed E-state index contributed by atoms with van der Waals surface area (Å²) >= 11 is 0. The summed E-state index contributed by atoms with van der Waals surface area (Å²) in [4.78, 5) is 10.1. The van der Waals surface area contributed by atoms with Crippen molar-refractivity contribution in [3.05, 3.63) is 0 Å². The first-order chi connectivity index (χ1) is 4.51. The zero-order chi connectivity index (χ0) is 7.78. The Morgan fingerprint density at radius 2 is 2.18 bits per heavy atom. The van der Waals surface area contributed by atoms with Gasteiger partial charge >= 0.3 is 5.97 Å². The number of nitrogens with one attached hydrogen (secondary N) is 1. The number of rotatable bonds is 1. The van der Waals surface area contributed by atoms with E-state index in [9.17, 15) is 13.6 Å². The molecule has 0 bridgehead atoms. The SMILES string of the molecule is Cl.O=C(O)[C@H]1CC(F)(F)CN1. The smallest absolute Gasteiger partial charge is 0.320 e. The zero-order valence-electron chi connectivity index (χ0n) is 5.51. The molecule has 0 aromatic heterocycles. The largest absolute Gasteiger partial charge is 0.480 e. The number of carboxylic acids is 1. The minimum atomic E-state index is -2.84. The van der Waals surface area contributed by atoms with Gasteiger partial charge in [0.2, 0.25) is 0 Å². The molecule has 1 atom stereocenters. The number of alkyl halides is 2. The molecule has 0 radical (unpaired) electrons. The molecule has 0 aromatic rings. The highest BCUT2D eigenvalue weighted by Gasteiger charge is 2.42. The van der Waals surface area contributed by atoms with Crippen molar-refractivity contribution in [1.82, 2.24) is 5.32 Å². The normalized spacial score (nSPS) is 27.6. The molecule has 0 aliphatic carbocycles. The molecule has 1 aliphatic rings. The lowest BCUT2D eigenvalue weighted by Crippen LogP contribution is -2.30. The molecule has 1 fully saturated rings. The molecule has 6 heteroatoms. The highest BCUT2D eigenvalue weighted by atomic mass is 35.5. The van der Waals surface area contributed by atoms with Crippen LogP contribution >= 0.6 is 12.4 Å². The highest BCUT2D eigenvalue weighted by molar-refractivity contribution is 5.85. The molecule has 3 nitrogen and oxygen atoms in total. The molecule has 0 saturated carbocycles. The second-order valence-corrected chi connectivity index (χ2v) is 2.33. The molecule has 66 valence electrons. The summed E-state index contributed by atoms with van der Waals surface area (Å²) in [5, 5.41) is 10.4. The summed E-state index contributed by atoms with van der Waals surface area (Å²) < 4.78 is 24.5. The van der Waals surface area contributed by atoms with Crippen molar-refractivity contribution in [3.63, 3.8) is 0 Å². The molecular weight excluding hydrogens is 180 g/mol. The van der Waals surface area contributed by atoms with Crippen LogP contribution in [0.25, 0.3) is 0 Å². The molecule has 1 saturated heterocycles. The van der Waals surface area contributed by atoms with E-state index in [1.807, 2.05) is 0 Å². The summed E-state index contributed by atoms with van der Waals surface area (Å²) in [6, 6.07) is -1.07. The fourth-order valence-corrected chi connectivity index (χ4v) is 0.890. The van der Waals surface area contributed by atoms with Gasteiger partial charge in [0.25, 0.3) is 5.92 Å². The van der Waals surface area contributed by atoms with E-state index in [2.05, 4.69) is 5.32 Å². The first kappa shape index (κ1) is 10.6. The number of hydrogen-bond donors (Lipinski definition) is 2. The van der Waals surface area contributed by atoms with Crippen molar-refractivity contribution < 1.29 is 18.7 Å². The third-order valence-corrected chi connectivity index (χ3v) is 1.41.